The molecule has 6 nitrogen and oxygen atoms in total. The first kappa shape index (κ1) is 18.2. The second kappa shape index (κ2) is 7.35. The first-order chi connectivity index (χ1) is 12.4. The Kier molecular flexibility index (Phi) is 5.15. The van der Waals surface area contributed by atoms with Crippen molar-refractivity contribution in [2.24, 2.45) is 4.99 Å². The van der Waals surface area contributed by atoms with Gasteiger partial charge in [0.05, 0.1) is 15.1 Å². The minimum Gasteiger partial charge on any atom is -0.314 e. The Labute approximate surface area is 156 Å². The van der Waals surface area contributed by atoms with Crippen molar-refractivity contribution in [1.29, 1.82) is 0 Å². The zero-order valence-electron chi connectivity index (χ0n) is 13.6. The fourth-order valence-electron chi connectivity index (χ4n) is 2.59. The Balaban J connectivity index is 2.21. The minimum absolute atomic E-state index is 0.193. The SMILES string of the molecule is CCCn1c(=NC(=O)c2cc(Cl)ccc2[N+](=O)[O-])sc2cccc(F)c21. The van der Waals surface area contributed by atoms with Crippen molar-refractivity contribution in [1.82, 2.24) is 4.57 Å². The third-order valence-electron chi connectivity index (χ3n) is 3.68. The number of aromatic nitrogens is 1. The molecule has 1 heterocycles. The summed E-state index contributed by atoms with van der Waals surface area (Å²) in [5.74, 6) is -1.20. The molecular weight excluding hydrogens is 381 g/mol. The first-order valence-electron chi connectivity index (χ1n) is 7.73. The summed E-state index contributed by atoms with van der Waals surface area (Å²) < 4.78 is 16.5. The number of para-hydroxylation sites is 1. The average molecular weight is 394 g/mol. The Morgan fingerprint density at radius 1 is 1.38 bits per heavy atom. The molecule has 0 aliphatic carbocycles. The van der Waals surface area contributed by atoms with Gasteiger partial charge in [-0.05, 0) is 30.7 Å². The lowest BCUT2D eigenvalue weighted by Gasteiger charge is -2.03. The molecule has 0 aliphatic rings. The van der Waals surface area contributed by atoms with Gasteiger partial charge in [0, 0.05) is 17.6 Å². The van der Waals surface area contributed by atoms with Gasteiger partial charge >= 0.3 is 0 Å². The summed E-state index contributed by atoms with van der Waals surface area (Å²) in [5, 5.41) is 11.4. The zero-order valence-corrected chi connectivity index (χ0v) is 15.2. The van der Waals surface area contributed by atoms with Crippen molar-refractivity contribution in [3.8, 4) is 0 Å². The molecule has 2 aromatic carbocycles. The van der Waals surface area contributed by atoms with E-state index in [9.17, 15) is 19.3 Å². The summed E-state index contributed by atoms with van der Waals surface area (Å²) >= 11 is 7.02. The molecule has 0 spiro atoms. The van der Waals surface area contributed by atoms with Gasteiger partial charge in [-0.2, -0.15) is 4.99 Å². The van der Waals surface area contributed by atoms with Gasteiger partial charge in [-0.25, -0.2) is 4.39 Å². The number of carbonyl (C=O) groups is 1. The molecule has 1 amide bonds. The molecule has 0 bridgehead atoms. The van der Waals surface area contributed by atoms with Gasteiger partial charge in [0.2, 0.25) is 0 Å². The van der Waals surface area contributed by atoms with Crippen LogP contribution in [0.25, 0.3) is 10.2 Å². The highest BCUT2D eigenvalue weighted by Crippen LogP contribution is 2.24. The molecule has 0 saturated carbocycles. The average Bonchev–Trinajstić information content (AvgIpc) is 2.93. The molecule has 0 fully saturated rings. The smallest absolute Gasteiger partial charge is 0.286 e. The molecule has 0 unspecified atom stereocenters. The maximum atomic E-state index is 14.2. The first-order valence-corrected chi connectivity index (χ1v) is 8.92. The largest absolute Gasteiger partial charge is 0.314 e. The number of thiazole rings is 1. The number of rotatable bonds is 4. The third-order valence-corrected chi connectivity index (χ3v) is 4.96. The van der Waals surface area contributed by atoms with Crippen molar-refractivity contribution in [3.05, 3.63) is 67.7 Å². The molecule has 3 aromatic rings. The fraction of sp³-hybridized carbons (Fsp3) is 0.176. The lowest BCUT2D eigenvalue weighted by atomic mass is 10.2. The quantitative estimate of drug-likeness (QED) is 0.481. The van der Waals surface area contributed by atoms with E-state index in [1.165, 1.54) is 18.2 Å². The van der Waals surface area contributed by atoms with Gasteiger partial charge in [-0.3, -0.25) is 14.9 Å². The highest BCUT2D eigenvalue weighted by Gasteiger charge is 2.21. The Morgan fingerprint density at radius 3 is 2.85 bits per heavy atom. The standard InChI is InChI=1S/C17H13ClFN3O3S/c1-2-8-21-15-12(19)4-3-5-14(15)26-17(21)20-16(23)11-9-10(18)6-7-13(11)22(24)25/h3-7,9H,2,8H2,1H3. The number of amides is 1. The monoisotopic (exact) mass is 393 g/mol. The molecule has 134 valence electrons. The number of fused-ring (bicyclic) bond motifs is 1. The van der Waals surface area contributed by atoms with Crippen molar-refractivity contribution in [2.45, 2.75) is 19.9 Å². The van der Waals surface area contributed by atoms with E-state index in [0.29, 0.717) is 23.2 Å². The highest BCUT2D eigenvalue weighted by molar-refractivity contribution is 7.16. The number of aryl methyl sites for hydroxylation is 1. The summed E-state index contributed by atoms with van der Waals surface area (Å²) in [6.07, 6.45) is 0.707. The molecule has 0 radical (unpaired) electrons. The number of nitro groups is 1. The van der Waals surface area contributed by atoms with E-state index in [4.69, 9.17) is 11.6 Å². The van der Waals surface area contributed by atoms with E-state index in [0.717, 1.165) is 17.4 Å². The molecule has 0 aliphatic heterocycles. The maximum Gasteiger partial charge on any atom is 0.286 e. The Hall–Kier alpha value is -2.58. The maximum absolute atomic E-state index is 14.2. The predicted molar refractivity (Wildman–Crippen MR) is 98.1 cm³/mol. The second-order valence-corrected chi connectivity index (χ2v) is 6.90. The van der Waals surface area contributed by atoms with Crippen LogP contribution in [0.4, 0.5) is 10.1 Å². The summed E-state index contributed by atoms with van der Waals surface area (Å²) in [6.45, 7) is 2.38. The number of halogens is 2. The Morgan fingerprint density at radius 2 is 2.15 bits per heavy atom. The molecule has 26 heavy (non-hydrogen) atoms. The van der Waals surface area contributed by atoms with Gasteiger partial charge in [0.1, 0.15) is 11.4 Å². The van der Waals surface area contributed by atoms with E-state index in [1.807, 2.05) is 6.92 Å². The molecular formula is C17H13ClFN3O3S. The molecule has 0 saturated heterocycles. The van der Waals surface area contributed by atoms with Crippen molar-refractivity contribution in [2.75, 3.05) is 0 Å². The topological polar surface area (TPSA) is 77.5 Å². The van der Waals surface area contributed by atoms with Crippen LogP contribution in [0.3, 0.4) is 0 Å². The van der Waals surface area contributed by atoms with Crippen LogP contribution in [0, 0.1) is 15.9 Å². The van der Waals surface area contributed by atoms with E-state index in [-0.39, 0.29) is 21.1 Å². The molecule has 1 aromatic heterocycles. The molecule has 0 atom stereocenters. The van der Waals surface area contributed by atoms with Crippen LogP contribution in [0.1, 0.15) is 23.7 Å². The number of nitrogens with zero attached hydrogens (tertiary/aromatic N) is 3. The van der Waals surface area contributed by atoms with Crippen LogP contribution in [0.15, 0.2) is 41.4 Å². The van der Waals surface area contributed by atoms with Gasteiger partial charge in [0.15, 0.2) is 4.80 Å². The van der Waals surface area contributed by atoms with Crippen LogP contribution in [-0.2, 0) is 6.54 Å². The van der Waals surface area contributed by atoms with Crippen LogP contribution in [0.5, 0.6) is 0 Å². The molecule has 9 heteroatoms. The predicted octanol–water partition coefficient (Wildman–Crippen LogP) is 4.55. The number of hydrogen-bond acceptors (Lipinski definition) is 4. The van der Waals surface area contributed by atoms with E-state index < -0.39 is 16.6 Å². The minimum atomic E-state index is -0.795. The number of nitro benzene ring substituents is 1. The number of hydrogen-bond donors (Lipinski definition) is 0. The van der Waals surface area contributed by atoms with Crippen LogP contribution in [0.2, 0.25) is 5.02 Å². The van der Waals surface area contributed by atoms with Crippen molar-refractivity contribution >= 4 is 44.7 Å². The zero-order chi connectivity index (χ0) is 18.8. The Bertz CT molecular complexity index is 1090. The number of carbonyl (C=O) groups excluding carboxylic acids is 1. The van der Waals surface area contributed by atoms with E-state index in [2.05, 4.69) is 4.99 Å². The van der Waals surface area contributed by atoms with Crippen molar-refractivity contribution in [3.63, 3.8) is 0 Å². The fourth-order valence-corrected chi connectivity index (χ4v) is 3.83. The molecule has 0 N–H and O–H groups in total. The van der Waals surface area contributed by atoms with Crippen molar-refractivity contribution < 1.29 is 14.1 Å². The molecule has 3 rings (SSSR count). The number of benzene rings is 2. The second-order valence-electron chi connectivity index (χ2n) is 5.46. The van der Waals surface area contributed by atoms with Crippen LogP contribution in [-0.4, -0.2) is 15.4 Å². The lowest BCUT2D eigenvalue weighted by Crippen LogP contribution is -2.17. The lowest BCUT2D eigenvalue weighted by molar-refractivity contribution is -0.385. The highest BCUT2D eigenvalue weighted by atomic mass is 35.5. The van der Waals surface area contributed by atoms with Gasteiger partial charge in [0.25, 0.3) is 11.6 Å². The van der Waals surface area contributed by atoms with Crippen LogP contribution < -0.4 is 4.80 Å². The van der Waals surface area contributed by atoms with Crippen LogP contribution >= 0.6 is 22.9 Å². The summed E-state index contributed by atoms with van der Waals surface area (Å²) in [6, 6.07) is 8.37. The normalized spacial score (nSPS) is 11.9. The van der Waals surface area contributed by atoms with Gasteiger partial charge in [-0.1, -0.05) is 35.9 Å². The van der Waals surface area contributed by atoms with E-state index >= 15 is 0 Å². The van der Waals surface area contributed by atoms with E-state index in [1.54, 1.807) is 16.7 Å². The summed E-state index contributed by atoms with van der Waals surface area (Å²) in [5.41, 5.74) is -0.215. The van der Waals surface area contributed by atoms with Gasteiger partial charge in [-0.15, -0.1) is 0 Å². The summed E-state index contributed by atoms with van der Waals surface area (Å²) in [4.78, 5) is 27.4. The van der Waals surface area contributed by atoms with Gasteiger partial charge < -0.3 is 4.57 Å². The summed E-state index contributed by atoms with van der Waals surface area (Å²) in [7, 11) is 0. The third kappa shape index (κ3) is 3.38.